The van der Waals surface area contributed by atoms with Gasteiger partial charge in [-0.25, -0.2) is 0 Å². The largest absolute Gasteiger partial charge is 0.384 e. The molecule has 0 heterocycles. The summed E-state index contributed by atoms with van der Waals surface area (Å²) in [6, 6.07) is 5.78. The Balaban J connectivity index is 2.56. The average Bonchev–Trinajstić information content (AvgIpc) is 2.09. The van der Waals surface area contributed by atoms with E-state index in [0.29, 0.717) is 0 Å². The van der Waals surface area contributed by atoms with Gasteiger partial charge in [-0.15, -0.1) is 0 Å². The lowest BCUT2D eigenvalue weighted by Crippen LogP contribution is -2.00. The zero-order valence-electron chi connectivity index (χ0n) is 7.61. The molecule has 72 valence electrons. The van der Waals surface area contributed by atoms with Gasteiger partial charge in [0.1, 0.15) is 0 Å². The molecule has 0 fully saturated rings. The molecular weight excluding hydrogens is 249 g/mol. The van der Waals surface area contributed by atoms with E-state index in [2.05, 4.69) is 28.2 Å². The van der Waals surface area contributed by atoms with E-state index in [1.165, 1.54) is 12.8 Å². The quantitative estimate of drug-likeness (QED) is 0.797. The van der Waals surface area contributed by atoms with Gasteiger partial charge >= 0.3 is 0 Å². The third kappa shape index (κ3) is 3.57. The lowest BCUT2D eigenvalue weighted by Gasteiger charge is -2.07. The fourth-order valence-electron chi connectivity index (χ4n) is 1.03. The van der Waals surface area contributed by atoms with Gasteiger partial charge in [-0.05, 0) is 40.5 Å². The maximum absolute atomic E-state index is 5.82. The van der Waals surface area contributed by atoms with Crippen LogP contribution >= 0.6 is 27.5 Å². The topological polar surface area (TPSA) is 12.0 Å². The van der Waals surface area contributed by atoms with Crippen LogP contribution in [0.2, 0.25) is 5.02 Å². The number of hydrogen-bond donors (Lipinski definition) is 1. The van der Waals surface area contributed by atoms with Crippen LogP contribution in [-0.2, 0) is 0 Å². The molecule has 0 bridgehead atoms. The molecule has 1 aromatic carbocycles. The summed E-state index contributed by atoms with van der Waals surface area (Å²) in [5.41, 5.74) is 1.11. The molecule has 0 atom stereocenters. The second-order valence-corrected chi connectivity index (χ2v) is 4.20. The molecule has 0 saturated heterocycles. The van der Waals surface area contributed by atoms with Crippen LogP contribution in [0.3, 0.4) is 0 Å². The molecule has 0 aliphatic carbocycles. The molecule has 0 radical (unpaired) electrons. The van der Waals surface area contributed by atoms with E-state index in [9.17, 15) is 0 Å². The van der Waals surface area contributed by atoms with Crippen molar-refractivity contribution in [3.8, 4) is 0 Å². The van der Waals surface area contributed by atoms with E-state index >= 15 is 0 Å². The summed E-state index contributed by atoms with van der Waals surface area (Å²) in [5.74, 6) is 0. The Kier molecular flexibility index (Phi) is 4.60. The molecule has 1 N–H and O–H groups in total. The van der Waals surface area contributed by atoms with Crippen LogP contribution in [-0.4, -0.2) is 6.54 Å². The summed E-state index contributed by atoms with van der Waals surface area (Å²) in [6.07, 6.45) is 2.40. The van der Waals surface area contributed by atoms with Crippen molar-refractivity contribution in [1.29, 1.82) is 0 Å². The molecule has 0 amide bonds. The number of benzene rings is 1. The Morgan fingerprint density at radius 3 is 2.85 bits per heavy atom. The Morgan fingerprint density at radius 2 is 2.23 bits per heavy atom. The zero-order valence-corrected chi connectivity index (χ0v) is 9.95. The highest BCUT2D eigenvalue weighted by Gasteiger charge is 1.98. The number of hydrogen-bond acceptors (Lipinski definition) is 1. The lowest BCUT2D eigenvalue weighted by atomic mass is 10.3. The molecule has 1 nitrogen and oxygen atoms in total. The first kappa shape index (κ1) is 10.9. The van der Waals surface area contributed by atoms with Crippen molar-refractivity contribution >= 4 is 33.2 Å². The van der Waals surface area contributed by atoms with Crippen LogP contribution < -0.4 is 5.32 Å². The predicted octanol–water partition coefficient (Wildman–Crippen LogP) is 4.31. The van der Waals surface area contributed by atoms with Gasteiger partial charge in [0, 0.05) is 21.7 Å². The summed E-state index contributed by atoms with van der Waals surface area (Å²) in [7, 11) is 0. The summed E-state index contributed by atoms with van der Waals surface area (Å²) >= 11 is 9.27. The van der Waals surface area contributed by atoms with Crippen molar-refractivity contribution < 1.29 is 0 Å². The van der Waals surface area contributed by atoms with Crippen molar-refractivity contribution in [2.24, 2.45) is 0 Å². The minimum atomic E-state index is 0.757. The van der Waals surface area contributed by atoms with E-state index < -0.39 is 0 Å². The van der Waals surface area contributed by atoms with Crippen LogP contribution in [0.15, 0.2) is 22.7 Å². The normalized spacial score (nSPS) is 10.1. The monoisotopic (exact) mass is 261 g/mol. The van der Waals surface area contributed by atoms with Gasteiger partial charge in [0.2, 0.25) is 0 Å². The standard InChI is InChI=1S/C10H13BrClN/c1-2-3-6-13-10-5-4-8(12)7-9(10)11/h4-5,7,13H,2-3,6H2,1H3. The highest BCUT2D eigenvalue weighted by molar-refractivity contribution is 9.10. The first-order chi connectivity index (χ1) is 6.24. The van der Waals surface area contributed by atoms with Crippen LogP contribution in [0.5, 0.6) is 0 Å². The summed E-state index contributed by atoms with van der Waals surface area (Å²) in [6.45, 7) is 3.19. The molecule has 13 heavy (non-hydrogen) atoms. The van der Waals surface area contributed by atoms with Gasteiger partial charge in [-0.3, -0.25) is 0 Å². The van der Waals surface area contributed by atoms with Crippen LogP contribution in [0, 0.1) is 0 Å². The summed E-state index contributed by atoms with van der Waals surface area (Å²) in [5, 5.41) is 4.09. The number of unbranched alkanes of at least 4 members (excludes halogenated alkanes) is 1. The van der Waals surface area contributed by atoms with Crippen molar-refractivity contribution in [3.63, 3.8) is 0 Å². The van der Waals surface area contributed by atoms with E-state index in [1.54, 1.807) is 0 Å². The van der Waals surface area contributed by atoms with Crippen LogP contribution in [0.25, 0.3) is 0 Å². The minimum Gasteiger partial charge on any atom is -0.384 e. The first-order valence-corrected chi connectivity index (χ1v) is 5.60. The Bertz CT molecular complexity index is 276. The molecule has 1 aromatic rings. The number of rotatable bonds is 4. The van der Waals surface area contributed by atoms with Crippen molar-refractivity contribution in [1.82, 2.24) is 0 Å². The second kappa shape index (κ2) is 5.51. The van der Waals surface area contributed by atoms with Gasteiger partial charge < -0.3 is 5.32 Å². The molecule has 1 rings (SSSR count). The van der Waals surface area contributed by atoms with Gasteiger partial charge in [0.05, 0.1) is 0 Å². The zero-order chi connectivity index (χ0) is 9.68. The number of nitrogens with one attached hydrogen (secondary N) is 1. The van der Waals surface area contributed by atoms with E-state index in [4.69, 9.17) is 11.6 Å². The SMILES string of the molecule is CCCCNc1ccc(Cl)cc1Br. The Labute approximate surface area is 92.6 Å². The van der Waals surface area contributed by atoms with Gasteiger partial charge in [0.25, 0.3) is 0 Å². The molecule has 0 spiro atoms. The second-order valence-electron chi connectivity index (χ2n) is 2.90. The lowest BCUT2D eigenvalue weighted by molar-refractivity contribution is 0.834. The van der Waals surface area contributed by atoms with E-state index in [1.807, 2.05) is 18.2 Å². The van der Waals surface area contributed by atoms with Gasteiger partial charge in [-0.2, -0.15) is 0 Å². The van der Waals surface area contributed by atoms with Crippen molar-refractivity contribution in [2.45, 2.75) is 19.8 Å². The maximum atomic E-state index is 5.82. The number of halogens is 2. The third-order valence-corrected chi connectivity index (χ3v) is 2.67. The van der Waals surface area contributed by atoms with Gasteiger partial charge in [-0.1, -0.05) is 24.9 Å². The Morgan fingerprint density at radius 1 is 1.46 bits per heavy atom. The minimum absolute atomic E-state index is 0.757. The van der Waals surface area contributed by atoms with E-state index in [0.717, 1.165) is 21.7 Å². The first-order valence-electron chi connectivity index (χ1n) is 4.43. The third-order valence-electron chi connectivity index (χ3n) is 1.78. The summed E-state index contributed by atoms with van der Waals surface area (Å²) < 4.78 is 1.02. The fourth-order valence-corrected chi connectivity index (χ4v) is 1.86. The average molecular weight is 263 g/mol. The molecule has 0 unspecified atom stereocenters. The molecule has 0 aliphatic heterocycles. The number of anilines is 1. The highest BCUT2D eigenvalue weighted by atomic mass is 79.9. The van der Waals surface area contributed by atoms with Crippen molar-refractivity contribution in [3.05, 3.63) is 27.7 Å². The molecular formula is C10H13BrClN. The van der Waals surface area contributed by atoms with Crippen LogP contribution in [0.1, 0.15) is 19.8 Å². The van der Waals surface area contributed by atoms with Crippen LogP contribution in [0.4, 0.5) is 5.69 Å². The molecule has 0 aliphatic rings. The highest BCUT2D eigenvalue weighted by Crippen LogP contribution is 2.25. The van der Waals surface area contributed by atoms with Gasteiger partial charge in [0.15, 0.2) is 0 Å². The summed E-state index contributed by atoms with van der Waals surface area (Å²) in [4.78, 5) is 0. The smallest absolute Gasteiger partial charge is 0.0485 e. The molecule has 0 aromatic heterocycles. The Hall–Kier alpha value is -0.210. The molecule has 0 saturated carbocycles. The molecule has 3 heteroatoms. The van der Waals surface area contributed by atoms with Crippen molar-refractivity contribution in [2.75, 3.05) is 11.9 Å². The maximum Gasteiger partial charge on any atom is 0.0485 e. The fraction of sp³-hybridized carbons (Fsp3) is 0.400. The van der Waals surface area contributed by atoms with E-state index in [-0.39, 0.29) is 0 Å². The predicted molar refractivity (Wildman–Crippen MR) is 62.5 cm³/mol.